The van der Waals surface area contributed by atoms with Gasteiger partial charge in [0.05, 0.1) is 0 Å². The number of nitrogens with one attached hydrogen (secondary N) is 1. The Kier molecular flexibility index (Phi) is 6.53. The number of ether oxygens (including phenoxy) is 1. The van der Waals surface area contributed by atoms with Gasteiger partial charge in [-0.05, 0) is 37.6 Å². The largest absolute Gasteiger partial charge is 0.489 e. The van der Waals surface area contributed by atoms with Crippen molar-refractivity contribution in [3.8, 4) is 5.75 Å². The van der Waals surface area contributed by atoms with E-state index in [0.29, 0.717) is 50.6 Å². The second-order valence-corrected chi connectivity index (χ2v) is 6.92. The molecule has 1 heterocycles. The lowest BCUT2D eigenvalue weighted by atomic mass is 10.1. The summed E-state index contributed by atoms with van der Waals surface area (Å²) in [6.45, 7) is 7.16. The van der Waals surface area contributed by atoms with Crippen LogP contribution in [0.25, 0.3) is 0 Å². The molecule has 0 aromatic heterocycles. The maximum Gasteiger partial charge on any atom is 0.317 e. The highest BCUT2D eigenvalue weighted by Crippen LogP contribution is 2.18. The summed E-state index contributed by atoms with van der Waals surface area (Å²) in [4.78, 5) is 28.3. The van der Waals surface area contributed by atoms with Crippen molar-refractivity contribution in [1.82, 2.24) is 15.1 Å². The van der Waals surface area contributed by atoms with Crippen molar-refractivity contribution in [3.63, 3.8) is 0 Å². The van der Waals surface area contributed by atoms with Crippen LogP contribution in [-0.2, 0) is 6.61 Å². The predicted molar refractivity (Wildman–Crippen MR) is 109 cm³/mol. The average molecular weight is 381 g/mol. The molecule has 3 amide bonds. The molecule has 1 fully saturated rings. The van der Waals surface area contributed by atoms with E-state index in [4.69, 9.17) is 4.74 Å². The summed E-state index contributed by atoms with van der Waals surface area (Å²) in [5, 5.41) is 2.80. The quantitative estimate of drug-likeness (QED) is 0.866. The average Bonchev–Trinajstić information content (AvgIpc) is 2.72. The summed E-state index contributed by atoms with van der Waals surface area (Å²) >= 11 is 0. The first kappa shape index (κ1) is 19.7. The van der Waals surface area contributed by atoms with Crippen LogP contribution in [0.3, 0.4) is 0 Å². The van der Waals surface area contributed by atoms with Gasteiger partial charge < -0.3 is 19.9 Å². The number of nitrogens with zero attached hydrogens (tertiary/aromatic N) is 2. The molecule has 1 aliphatic rings. The fraction of sp³-hybridized carbons (Fsp3) is 0.364. The van der Waals surface area contributed by atoms with Gasteiger partial charge in [-0.3, -0.25) is 4.79 Å². The van der Waals surface area contributed by atoms with E-state index < -0.39 is 0 Å². The Morgan fingerprint density at radius 3 is 2.43 bits per heavy atom. The number of hydrogen-bond donors (Lipinski definition) is 1. The lowest BCUT2D eigenvalue weighted by Crippen LogP contribution is -2.53. The van der Waals surface area contributed by atoms with Gasteiger partial charge >= 0.3 is 6.03 Å². The number of benzene rings is 2. The van der Waals surface area contributed by atoms with Gasteiger partial charge in [0.15, 0.2) is 0 Å². The van der Waals surface area contributed by atoms with Crippen molar-refractivity contribution in [2.45, 2.75) is 20.5 Å². The van der Waals surface area contributed by atoms with E-state index in [1.807, 2.05) is 31.2 Å². The lowest BCUT2D eigenvalue weighted by molar-refractivity contribution is 0.0665. The van der Waals surface area contributed by atoms with Crippen molar-refractivity contribution < 1.29 is 14.3 Å². The van der Waals surface area contributed by atoms with Crippen LogP contribution in [0.2, 0.25) is 0 Å². The van der Waals surface area contributed by atoms with Crippen molar-refractivity contribution in [1.29, 1.82) is 0 Å². The van der Waals surface area contributed by atoms with E-state index in [-0.39, 0.29) is 11.9 Å². The van der Waals surface area contributed by atoms with Gasteiger partial charge in [-0.25, -0.2) is 4.79 Å². The smallest absolute Gasteiger partial charge is 0.317 e. The van der Waals surface area contributed by atoms with Crippen LogP contribution in [0.15, 0.2) is 48.5 Å². The number of carbonyl (C=O) groups excluding carboxylic acids is 2. The predicted octanol–water partition coefficient (Wildman–Crippen LogP) is 3.06. The third kappa shape index (κ3) is 5.03. The maximum atomic E-state index is 12.8. The summed E-state index contributed by atoms with van der Waals surface area (Å²) in [7, 11) is 0. The molecule has 148 valence electrons. The summed E-state index contributed by atoms with van der Waals surface area (Å²) in [5.41, 5.74) is 2.89. The highest BCUT2D eigenvalue weighted by atomic mass is 16.5. The van der Waals surface area contributed by atoms with Gasteiger partial charge in [0.25, 0.3) is 5.91 Å². The molecule has 3 rings (SSSR count). The molecule has 28 heavy (non-hydrogen) atoms. The fourth-order valence-corrected chi connectivity index (χ4v) is 3.25. The molecule has 1 aliphatic heterocycles. The van der Waals surface area contributed by atoms with E-state index >= 15 is 0 Å². The van der Waals surface area contributed by atoms with Crippen LogP contribution >= 0.6 is 0 Å². The van der Waals surface area contributed by atoms with Crippen molar-refractivity contribution in [3.05, 3.63) is 65.2 Å². The maximum absolute atomic E-state index is 12.8. The third-order valence-electron chi connectivity index (χ3n) is 4.75. The number of amides is 3. The van der Waals surface area contributed by atoms with Crippen LogP contribution in [0, 0.1) is 6.92 Å². The standard InChI is InChI=1S/C22H27N3O3/c1-3-23-22(27)25-12-10-24(11-13-25)21(26)19-8-5-9-20(15-19)28-16-18-7-4-6-17(2)14-18/h4-9,14-15H,3,10-13,16H2,1-2H3,(H,23,27). The minimum Gasteiger partial charge on any atom is -0.489 e. The van der Waals surface area contributed by atoms with Gasteiger partial charge in [0, 0.05) is 38.3 Å². The minimum absolute atomic E-state index is 0.0310. The molecule has 2 aromatic carbocycles. The molecule has 0 bridgehead atoms. The summed E-state index contributed by atoms with van der Waals surface area (Å²) in [6.07, 6.45) is 0. The zero-order chi connectivity index (χ0) is 19.9. The Morgan fingerprint density at radius 1 is 1.00 bits per heavy atom. The van der Waals surface area contributed by atoms with Gasteiger partial charge in [0.1, 0.15) is 12.4 Å². The topological polar surface area (TPSA) is 61.9 Å². The Labute approximate surface area is 166 Å². The molecule has 0 radical (unpaired) electrons. The molecule has 2 aromatic rings. The molecular formula is C22H27N3O3. The molecule has 1 N–H and O–H groups in total. The Balaban J connectivity index is 1.57. The third-order valence-corrected chi connectivity index (χ3v) is 4.75. The first-order valence-electron chi connectivity index (χ1n) is 9.67. The number of carbonyl (C=O) groups is 2. The van der Waals surface area contributed by atoms with E-state index in [2.05, 4.69) is 24.4 Å². The highest BCUT2D eigenvalue weighted by Gasteiger charge is 2.24. The fourth-order valence-electron chi connectivity index (χ4n) is 3.25. The van der Waals surface area contributed by atoms with Crippen LogP contribution in [-0.4, -0.2) is 54.5 Å². The molecule has 0 atom stereocenters. The minimum atomic E-state index is -0.0684. The monoisotopic (exact) mass is 381 g/mol. The van der Waals surface area contributed by atoms with E-state index in [9.17, 15) is 9.59 Å². The number of urea groups is 1. The van der Waals surface area contributed by atoms with E-state index in [0.717, 1.165) is 5.56 Å². The van der Waals surface area contributed by atoms with Crippen molar-refractivity contribution >= 4 is 11.9 Å². The first-order valence-corrected chi connectivity index (χ1v) is 9.67. The van der Waals surface area contributed by atoms with Gasteiger partial charge in [-0.15, -0.1) is 0 Å². The molecular weight excluding hydrogens is 354 g/mol. The molecule has 0 spiro atoms. The molecule has 6 nitrogen and oxygen atoms in total. The van der Waals surface area contributed by atoms with Gasteiger partial charge in [-0.2, -0.15) is 0 Å². The van der Waals surface area contributed by atoms with Crippen LogP contribution in [0.1, 0.15) is 28.4 Å². The van der Waals surface area contributed by atoms with Crippen molar-refractivity contribution in [2.24, 2.45) is 0 Å². The van der Waals surface area contributed by atoms with Crippen LogP contribution < -0.4 is 10.1 Å². The summed E-state index contributed by atoms with van der Waals surface area (Å²) in [5.74, 6) is 0.643. The summed E-state index contributed by atoms with van der Waals surface area (Å²) < 4.78 is 5.87. The number of hydrogen-bond acceptors (Lipinski definition) is 3. The first-order chi connectivity index (χ1) is 13.6. The number of aryl methyl sites for hydroxylation is 1. The molecule has 1 saturated heterocycles. The highest BCUT2D eigenvalue weighted by molar-refractivity contribution is 5.94. The Morgan fingerprint density at radius 2 is 1.71 bits per heavy atom. The second-order valence-electron chi connectivity index (χ2n) is 6.92. The normalized spacial score (nSPS) is 13.9. The number of rotatable bonds is 5. The second kappa shape index (κ2) is 9.26. The van der Waals surface area contributed by atoms with Gasteiger partial charge in [0.2, 0.25) is 0 Å². The SMILES string of the molecule is CCNC(=O)N1CCN(C(=O)c2cccc(OCc3cccc(C)c3)c2)CC1. The molecule has 6 heteroatoms. The number of piperazine rings is 1. The summed E-state index contributed by atoms with van der Waals surface area (Å²) in [6, 6.07) is 15.4. The van der Waals surface area contributed by atoms with Crippen molar-refractivity contribution in [2.75, 3.05) is 32.7 Å². The van der Waals surface area contributed by atoms with Crippen LogP contribution in [0.4, 0.5) is 4.79 Å². The molecule has 0 saturated carbocycles. The Hall–Kier alpha value is -3.02. The zero-order valence-corrected chi connectivity index (χ0v) is 16.5. The Bertz CT molecular complexity index is 829. The molecule has 0 aliphatic carbocycles. The van der Waals surface area contributed by atoms with Crippen LogP contribution in [0.5, 0.6) is 5.75 Å². The van der Waals surface area contributed by atoms with Gasteiger partial charge in [-0.1, -0.05) is 35.9 Å². The molecule has 0 unspecified atom stereocenters. The zero-order valence-electron chi connectivity index (χ0n) is 16.5. The van der Waals surface area contributed by atoms with E-state index in [1.165, 1.54) is 5.56 Å². The lowest BCUT2D eigenvalue weighted by Gasteiger charge is -2.34. The van der Waals surface area contributed by atoms with E-state index in [1.54, 1.807) is 21.9 Å².